The second-order valence-electron chi connectivity index (χ2n) is 6.93. The van der Waals surface area contributed by atoms with Crippen molar-refractivity contribution in [3.05, 3.63) is 18.7 Å². The largest absolute Gasteiger partial charge is 0.459 e. The molecule has 0 radical (unpaired) electrons. The van der Waals surface area contributed by atoms with Crippen molar-refractivity contribution in [1.29, 1.82) is 0 Å². The van der Waals surface area contributed by atoms with Crippen LogP contribution >= 0.6 is 0 Å². The fourth-order valence-corrected chi connectivity index (χ4v) is 3.59. The molecule has 0 aliphatic carbocycles. The number of hydrogen-bond donors (Lipinski definition) is 5. The second kappa shape index (κ2) is 7.39. The summed E-state index contributed by atoms with van der Waals surface area (Å²) in [5.41, 5.74) is 1.04. The van der Waals surface area contributed by atoms with E-state index in [4.69, 9.17) is 9.15 Å². The minimum Gasteiger partial charge on any atom is -0.459 e. The fraction of sp³-hybridized carbons (Fsp3) is 0.588. The minimum absolute atomic E-state index is 0.196. The molecule has 0 aromatic carbocycles. The Bertz CT molecular complexity index is 808. The predicted octanol–water partition coefficient (Wildman–Crippen LogP) is -0.662. The third kappa shape index (κ3) is 3.48. The topological polar surface area (TPSA) is 142 Å². The van der Waals surface area contributed by atoms with Crippen molar-refractivity contribution in [1.82, 2.24) is 20.6 Å². The summed E-state index contributed by atoms with van der Waals surface area (Å²) in [4.78, 5) is 20.5. The summed E-state index contributed by atoms with van der Waals surface area (Å²) in [5, 5.41) is 29.9. The number of hydrogen-bond acceptors (Lipinski definition) is 9. The van der Waals surface area contributed by atoms with E-state index in [0.29, 0.717) is 16.9 Å². The minimum atomic E-state index is -1.27. The van der Waals surface area contributed by atoms with Crippen molar-refractivity contribution in [3.8, 4) is 0 Å². The number of nitrogens with one attached hydrogen (secondary N) is 3. The normalized spacial score (nSPS) is 33.9. The second-order valence-corrected chi connectivity index (χ2v) is 6.93. The van der Waals surface area contributed by atoms with Gasteiger partial charge in [-0.15, -0.1) is 0 Å². The number of aliphatic hydroxyl groups excluding tert-OH is 2. The van der Waals surface area contributed by atoms with Crippen molar-refractivity contribution in [2.75, 3.05) is 11.9 Å². The summed E-state index contributed by atoms with van der Waals surface area (Å²) < 4.78 is 11.2. The van der Waals surface area contributed by atoms with E-state index in [1.165, 1.54) is 12.6 Å². The molecule has 0 unspecified atom stereocenters. The highest BCUT2D eigenvalue weighted by atomic mass is 16.5. The monoisotopic (exact) mass is 377 g/mol. The van der Waals surface area contributed by atoms with Gasteiger partial charge in [-0.1, -0.05) is 0 Å². The highest BCUT2D eigenvalue weighted by molar-refractivity contribution is 5.83. The van der Waals surface area contributed by atoms with E-state index in [1.54, 1.807) is 13.0 Å². The average molecular weight is 377 g/mol. The number of furan rings is 1. The maximum atomic E-state index is 12.3. The Morgan fingerprint density at radius 2 is 2.19 bits per heavy atom. The van der Waals surface area contributed by atoms with Crippen LogP contribution in [0.25, 0.3) is 11.1 Å². The number of ether oxygens (including phenoxy) is 1. The first-order valence-corrected chi connectivity index (χ1v) is 9.04. The molecule has 146 valence electrons. The first-order chi connectivity index (χ1) is 13.0. The van der Waals surface area contributed by atoms with Crippen LogP contribution in [0.1, 0.15) is 19.8 Å². The lowest BCUT2D eigenvalue weighted by molar-refractivity contribution is -0.173. The van der Waals surface area contributed by atoms with Crippen LogP contribution in [0.5, 0.6) is 0 Å². The van der Waals surface area contributed by atoms with Crippen molar-refractivity contribution in [2.45, 2.75) is 56.4 Å². The molecule has 2 fully saturated rings. The van der Waals surface area contributed by atoms with Crippen molar-refractivity contribution in [3.63, 3.8) is 0 Å². The van der Waals surface area contributed by atoms with Crippen LogP contribution in [0.2, 0.25) is 0 Å². The molecule has 2 aliphatic heterocycles. The van der Waals surface area contributed by atoms with Crippen molar-refractivity contribution >= 4 is 22.8 Å². The molecule has 2 saturated heterocycles. The zero-order valence-corrected chi connectivity index (χ0v) is 14.8. The number of fused-ring (bicyclic) bond motifs is 1. The quantitative estimate of drug-likeness (QED) is 0.469. The van der Waals surface area contributed by atoms with Gasteiger partial charge in [0, 0.05) is 6.07 Å². The van der Waals surface area contributed by atoms with E-state index in [9.17, 15) is 15.0 Å². The lowest BCUT2D eigenvalue weighted by Gasteiger charge is -2.42. The molecule has 10 heteroatoms. The van der Waals surface area contributed by atoms with Crippen molar-refractivity contribution < 1.29 is 24.2 Å². The molecule has 2 aromatic rings. The summed E-state index contributed by atoms with van der Waals surface area (Å²) in [6.07, 6.45) is 0.621. The molecule has 27 heavy (non-hydrogen) atoms. The number of nitrogens with zero attached hydrogens (tertiary/aromatic N) is 2. The molecule has 0 bridgehead atoms. The van der Waals surface area contributed by atoms with E-state index < -0.39 is 30.6 Å². The van der Waals surface area contributed by atoms with Gasteiger partial charge >= 0.3 is 0 Å². The van der Waals surface area contributed by atoms with Crippen LogP contribution in [-0.4, -0.2) is 69.3 Å². The lowest BCUT2D eigenvalue weighted by Crippen LogP contribution is -2.65. The first kappa shape index (κ1) is 18.1. The highest BCUT2D eigenvalue weighted by Gasteiger charge is 2.44. The molecule has 1 amide bonds. The fourth-order valence-electron chi connectivity index (χ4n) is 3.59. The predicted molar refractivity (Wildman–Crippen MR) is 94.7 cm³/mol. The standard InChI is InChI=1S/C17H23N5O5/c1-8-11(21-16(25)10-3-2-5-18-10)12(23)13(24)17(27-8)22-15-14-9(4-6-26-14)19-7-20-15/h4,6-8,10-13,17-18,23-24H,2-3,5H2,1H3,(H,21,25)(H,19,20,22)/t8-,10+,11-,12+,13-,17-/m0/s1. The zero-order chi connectivity index (χ0) is 19.0. The van der Waals surface area contributed by atoms with Crippen LogP contribution in [-0.2, 0) is 9.53 Å². The number of aromatic nitrogens is 2. The number of carbonyl (C=O) groups excluding carboxylic acids is 1. The lowest BCUT2D eigenvalue weighted by atomic mass is 9.95. The van der Waals surface area contributed by atoms with Crippen molar-refractivity contribution in [2.24, 2.45) is 0 Å². The van der Waals surface area contributed by atoms with Gasteiger partial charge in [0.25, 0.3) is 0 Å². The number of rotatable bonds is 4. The third-order valence-electron chi connectivity index (χ3n) is 5.10. The van der Waals surface area contributed by atoms with Gasteiger partial charge in [-0.3, -0.25) is 4.79 Å². The Labute approximate surface area is 155 Å². The Balaban J connectivity index is 1.45. The van der Waals surface area contributed by atoms with Gasteiger partial charge in [0.05, 0.1) is 24.5 Å². The summed E-state index contributed by atoms with van der Waals surface area (Å²) in [5.74, 6) is 0.157. The average Bonchev–Trinajstić information content (AvgIpc) is 3.34. The molecule has 4 rings (SSSR count). The molecule has 0 saturated carbocycles. The SMILES string of the molecule is C[C@@H]1O[C@H](Nc2ncnc3ccoc23)[C@@H](O)[C@H](O)[C@H]1NC(=O)[C@H]1CCCN1. The molecular weight excluding hydrogens is 354 g/mol. The summed E-state index contributed by atoms with van der Waals surface area (Å²) in [6.45, 7) is 2.53. The van der Waals surface area contributed by atoms with E-state index in [1.807, 2.05) is 0 Å². The van der Waals surface area contributed by atoms with Gasteiger partial charge < -0.3 is 35.3 Å². The maximum absolute atomic E-state index is 12.3. The van der Waals surface area contributed by atoms with Crippen LogP contribution in [0, 0.1) is 0 Å². The van der Waals surface area contributed by atoms with Crippen LogP contribution in [0.3, 0.4) is 0 Å². The van der Waals surface area contributed by atoms with Gasteiger partial charge in [0.2, 0.25) is 5.91 Å². The molecule has 2 aliphatic rings. The van der Waals surface area contributed by atoms with E-state index in [-0.39, 0.29) is 11.9 Å². The smallest absolute Gasteiger partial charge is 0.237 e. The zero-order valence-electron chi connectivity index (χ0n) is 14.8. The Morgan fingerprint density at radius 1 is 1.33 bits per heavy atom. The molecule has 6 atom stereocenters. The van der Waals surface area contributed by atoms with Gasteiger partial charge in [0.15, 0.2) is 17.6 Å². The van der Waals surface area contributed by atoms with E-state index in [0.717, 1.165) is 19.4 Å². The Morgan fingerprint density at radius 3 is 2.96 bits per heavy atom. The molecule has 10 nitrogen and oxygen atoms in total. The highest BCUT2D eigenvalue weighted by Crippen LogP contribution is 2.26. The first-order valence-electron chi connectivity index (χ1n) is 9.04. The number of amides is 1. The maximum Gasteiger partial charge on any atom is 0.237 e. The number of anilines is 1. The third-order valence-corrected chi connectivity index (χ3v) is 5.10. The van der Waals surface area contributed by atoms with E-state index >= 15 is 0 Å². The molecule has 4 heterocycles. The Hall–Kier alpha value is -2.27. The Kier molecular flexibility index (Phi) is 4.96. The van der Waals surface area contributed by atoms with E-state index in [2.05, 4.69) is 25.9 Å². The molecule has 0 spiro atoms. The van der Waals surface area contributed by atoms with Gasteiger partial charge in [0.1, 0.15) is 24.1 Å². The molecular formula is C17H23N5O5. The number of carbonyl (C=O) groups is 1. The van der Waals surface area contributed by atoms with Crippen LogP contribution < -0.4 is 16.0 Å². The van der Waals surface area contributed by atoms with Crippen LogP contribution in [0.4, 0.5) is 5.82 Å². The van der Waals surface area contributed by atoms with Gasteiger partial charge in [-0.2, -0.15) is 0 Å². The van der Waals surface area contributed by atoms with Gasteiger partial charge in [-0.05, 0) is 26.3 Å². The molecule has 2 aromatic heterocycles. The summed E-state index contributed by atoms with van der Waals surface area (Å²) >= 11 is 0. The summed E-state index contributed by atoms with van der Waals surface area (Å²) in [7, 11) is 0. The summed E-state index contributed by atoms with van der Waals surface area (Å²) in [6, 6.07) is 0.702. The van der Waals surface area contributed by atoms with Crippen LogP contribution in [0.15, 0.2) is 23.1 Å². The van der Waals surface area contributed by atoms with Gasteiger partial charge in [-0.25, -0.2) is 9.97 Å². The number of aliphatic hydroxyl groups is 2. The molecule has 5 N–H and O–H groups in total.